The van der Waals surface area contributed by atoms with Crippen molar-refractivity contribution in [3.05, 3.63) is 47.6 Å². The number of nitrogen functional groups attached to an aromatic ring is 1. The number of benzene rings is 1. The highest BCUT2D eigenvalue weighted by molar-refractivity contribution is 6.29. The lowest BCUT2D eigenvalue weighted by Gasteiger charge is -2.04. The Bertz CT molecular complexity index is 430. The molecule has 2 rings (SSSR count). The second-order valence-corrected chi connectivity index (χ2v) is 3.36. The minimum absolute atomic E-state index is 0.399. The molecule has 2 N–H and O–H groups in total. The van der Waals surface area contributed by atoms with Gasteiger partial charge in [0.05, 0.1) is 0 Å². The maximum Gasteiger partial charge on any atom is 0.220 e. The number of anilines is 1. The van der Waals surface area contributed by atoms with Gasteiger partial charge in [-0.3, -0.25) is 0 Å². The Hall–Kier alpha value is -1.74. The zero-order valence-electron chi connectivity index (χ0n) is 7.85. The fourth-order valence-corrected chi connectivity index (χ4v) is 1.30. The first-order valence-corrected chi connectivity index (χ1v) is 4.78. The summed E-state index contributed by atoms with van der Waals surface area (Å²) >= 11 is 5.73. The zero-order chi connectivity index (χ0) is 10.7. The number of pyridine rings is 1. The van der Waals surface area contributed by atoms with Crippen LogP contribution in [-0.4, -0.2) is 4.98 Å². The van der Waals surface area contributed by atoms with E-state index in [0.29, 0.717) is 22.5 Å². The van der Waals surface area contributed by atoms with Crippen LogP contribution in [0.5, 0.6) is 11.6 Å². The SMILES string of the molecule is Nc1cccc(Oc2cccc(Cl)n2)c1. The molecule has 0 amide bonds. The number of rotatable bonds is 2. The van der Waals surface area contributed by atoms with Gasteiger partial charge in [-0.15, -0.1) is 0 Å². The molecule has 15 heavy (non-hydrogen) atoms. The summed E-state index contributed by atoms with van der Waals surface area (Å²) in [7, 11) is 0. The lowest BCUT2D eigenvalue weighted by molar-refractivity contribution is 0.463. The van der Waals surface area contributed by atoms with E-state index in [-0.39, 0.29) is 0 Å². The van der Waals surface area contributed by atoms with Crippen LogP contribution in [0.3, 0.4) is 0 Å². The minimum Gasteiger partial charge on any atom is -0.439 e. The number of nitrogens with two attached hydrogens (primary N) is 1. The van der Waals surface area contributed by atoms with E-state index in [9.17, 15) is 0 Å². The number of halogens is 1. The third-order valence-electron chi connectivity index (χ3n) is 1.77. The minimum atomic E-state index is 0.399. The molecule has 0 bridgehead atoms. The molecule has 0 unspecified atom stereocenters. The van der Waals surface area contributed by atoms with E-state index in [0.717, 1.165) is 0 Å². The Morgan fingerprint density at radius 3 is 2.67 bits per heavy atom. The summed E-state index contributed by atoms with van der Waals surface area (Å²) in [4.78, 5) is 4.00. The summed E-state index contributed by atoms with van der Waals surface area (Å²) < 4.78 is 5.46. The van der Waals surface area contributed by atoms with Crippen molar-refractivity contribution in [3.8, 4) is 11.6 Å². The number of hydrogen-bond acceptors (Lipinski definition) is 3. The molecule has 1 aromatic heterocycles. The fourth-order valence-electron chi connectivity index (χ4n) is 1.15. The number of nitrogens with zero attached hydrogens (tertiary/aromatic N) is 1. The van der Waals surface area contributed by atoms with Crippen molar-refractivity contribution in [2.75, 3.05) is 5.73 Å². The van der Waals surface area contributed by atoms with Crippen LogP contribution in [0.25, 0.3) is 0 Å². The second kappa shape index (κ2) is 4.19. The molecule has 0 saturated heterocycles. The molecule has 0 saturated carbocycles. The van der Waals surface area contributed by atoms with Crippen LogP contribution in [0.15, 0.2) is 42.5 Å². The van der Waals surface area contributed by atoms with E-state index >= 15 is 0 Å². The Labute approximate surface area is 92.5 Å². The molecule has 0 aliphatic heterocycles. The van der Waals surface area contributed by atoms with Gasteiger partial charge in [0.25, 0.3) is 0 Å². The summed E-state index contributed by atoms with van der Waals surface area (Å²) in [6, 6.07) is 12.3. The monoisotopic (exact) mass is 220 g/mol. The lowest BCUT2D eigenvalue weighted by atomic mass is 10.3. The quantitative estimate of drug-likeness (QED) is 0.625. The van der Waals surface area contributed by atoms with Gasteiger partial charge in [-0.05, 0) is 18.2 Å². The number of hydrogen-bond donors (Lipinski definition) is 1. The van der Waals surface area contributed by atoms with Gasteiger partial charge in [-0.2, -0.15) is 0 Å². The van der Waals surface area contributed by atoms with Gasteiger partial charge in [0, 0.05) is 17.8 Å². The van der Waals surface area contributed by atoms with E-state index < -0.39 is 0 Å². The first kappa shape index (κ1) is 9.80. The predicted octanol–water partition coefficient (Wildman–Crippen LogP) is 3.11. The Morgan fingerprint density at radius 1 is 1.13 bits per heavy atom. The van der Waals surface area contributed by atoms with Crippen molar-refractivity contribution in [2.45, 2.75) is 0 Å². The van der Waals surface area contributed by atoms with Crippen LogP contribution in [0.4, 0.5) is 5.69 Å². The zero-order valence-corrected chi connectivity index (χ0v) is 8.61. The third kappa shape index (κ3) is 2.60. The second-order valence-electron chi connectivity index (χ2n) is 2.97. The third-order valence-corrected chi connectivity index (χ3v) is 1.98. The normalized spacial score (nSPS) is 9.93. The molecule has 0 atom stereocenters. The summed E-state index contributed by atoms with van der Waals surface area (Å²) in [6.07, 6.45) is 0. The van der Waals surface area contributed by atoms with Crippen LogP contribution >= 0.6 is 11.6 Å². The van der Waals surface area contributed by atoms with Gasteiger partial charge in [0.1, 0.15) is 10.9 Å². The van der Waals surface area contributed by atoms with Crippen LogP contribution < -0.4 is 10.5 Å². The lowest BCUT2D eigenvalue weighted by Crippen LogP contribution is -1.89. The Balaban J connectivity index is 2.22. The molecule has 4 heteroatoms. The summed E-state index contributed by atoms with van der Waals surface area (Å²) in [6.45, 7) is 0. The molecule has 3 nitrogen and oxygen atoms in total. The topological polar surface area (TPSA) is 48.1 Å². The van der Waals surface area contributed by atoms with Gasteiger partial charge in [0.2, 0.25) is 5.88 Å². The summed E-state index contributed by atoms with van der Waals surface area (Å²) in [5.74, 6) is 1.10. The van der Waals surface area contributed by atoms with Crippen molar-refractivity contribution in [3.63, 3.8) is 0 Å². The van der Waals surface area contributed by atoms with Crippen molar-refractivity contribution in [1.82, 2.24) is 4.98 Å². The van der Waals surface area contributed by atoms with E-state index in [1.807, 2.05) is 6.07 Å². The van der Waals surface area contributed by atoms with Crippen molar-refractivity contribution < 1.29 is 4.74 Å². The summed E-state index contributed by atoms with van der Waals surface area (Å²) in [5, 5.41) is 0.399. The maximum absolute atomic E-state index is 5.73. The molecular formula is C11H9ClN2O. The average Bonchev–Trinajstić information content (AvgIpc) is 2.17. The first-order chi connectivity index (χ1) is 7.24. The van der Waals surface area contributed by atoms with Gasteiger partial charge in [0.15, 0.2) is 0 Å². The van der Waals surface area contributed by atoms with Crippen LogP contribution in [0.2, 0.25) is 5.15 Å². The number of ether oxygens (including phenoxy) is 1. The number of aromatic nitrogens is 1. The first-order valence-electron chi connectivity index (χ1n) is 4.40. The molecule has 0 spiro atoms. The summed E-state index contributed by atoms with van der Waals surface area (Å²) in [5.41, 5.74) is 6.26. The fraction of sp³-hybridized carbons (Fsp3) is 0. The molecule has 0 aliphatic rings. The smallest absolute Gasteiger partial charge is 0.220 e. The molecular weight excluding hydrogens is 212 g/mol. The van der Waals surface area contributed by atoms with Crippen LogP contribution in [0.1, 0.15) is 0 Å². The molecule has 2 aromatic rings. The van der Waals surface area contributed by atoms with Crippen molar-refractivity contribution in [2.24, 2.45) is 0 Å². The Morgan fingerprint density at radius 2 is 1.93 bits per heavy atom. The largest absolute Gasteiger partial charge is 0.439 e. The van der Waals surface area contributed by atoms with Crippen molar-refractivity contribution in [1.29, 1.82) is 0 Å². The van der Waals surface area contributed by atoms with Crippen LogP contribution in [0, 0.1) is 0 Å². The Kier molecular flexibility index (Phi) is 2.74. The van der Waals surface area contributed by atoms with Gasteiger partial charge in [-0.25, -0.2) is 4.98 Å². The highest BCUT2D eigenvalue weighted by atomic mass is 35.5. The van der Waals surface area contributed by atoms with Gasteiger partial charge < -0.3 is 10.5 Å². The van der Waals surface area contributed by atoms with Gasteiger partial charge >= 0.3 is 0 Å². The van der Waals surface area contributed by atoms with Crippen molar-refractivity contribution >= 4 is 17.3 Å². The molecule has 76 valence electrons. The molecule has 0 radical (unpaired) electrons. The van der Waals surface area contributed by atoms with E-state index in [1.165, 1.54) is 0 Å². The maximum atomic E-state index is 5.73. The molecule has 1 aromatic carbocycles. The van der Waals surface area contributed by atoms with E-state index in [2.05, 4.69) is 4.98 Å². The average molecular weight is 221 g/mol. The molecule has 0 aliphatic carbocycles. The van der Waals surface area contributed by atoms with Crippen LogP contribution in [-0.2, 0) is 0 Å². The molecule has 0 fully saturated rings. The van der Waals surface area contributed by atoms with E-state index in [1.54, 1.807) is 36.4 Å². The van der Waals surface area contributed by atoms with E-state index in [4.69, 9.17) is 22.1 Å². The standard InChI is InChI=1S/C11H9ClN2O/c12-10-5-2-6-11(14-10)15-9-4-1-3-8(13)7-9/h1-7H,13H2. The highest BCUT2D eigenvalue weighted by Crippen LogP contribution is 2.22. The predicted molar refractivity (Wildman–Crippen MR) is 60.2 cm³/mol. The molecule has 1 heterocycles. The highest BCUT2D eigenvalue weighted by Gasteiger charge is 1.99. The van der Waals surface area contributed by atoms with Gasteiger partial charge in [-0.1, -0.05) is 23.7 Å².